The van der Waals surface area contributed by atoms with Crippen LogP contribution in [-0.4, -0.2) is 35.8 Å². The minimum Gasteiger partial charge on any atom is -0.349 e. The molecule has 1 aliphatic heterocycles. The van der Waals surface area contributed by atoms with Crippen molar-refractivity contribution in [3.63, 3.8) is 0 Å². The molecule has 1 heterocycles. The Kier molecular flexibility index (Phi) is 5.37. The Bertz CT molecular complexity index is 983. The van der Waals surface area contributed by atoms with E-state index < -0.39 is 17.5 Å². The summed E-state index contributed by atoms with van der Waals surface area (Å²) >= 11 is 0. The molecule has 0 aromatic heterocycles. The van der Waals surface area contributed by atoms with Crippen molar-refractivity contribution >= 4 is 11.8 Å². The SMILES string of the molecule is CC1CC2N(C)C(=O)CC[C@]2(C)[C@@H]2CC[C@]3(C)C(NC(=O)c4cccc(F)c4F)CC[C@H]3[C@H]12. The standard InChI is InChI=1S/C27H36F2N2O2/c1-15-14-21-27(3,13-11-22(32)31(21)4)18-10-12-26(2)17(23(15)18)8-9-20(26)30-25(33)16-6-5-7-19(28)24(16)29/h5-7,15,17-18,20-21,23H,8-14H2,1-4H3,(H,30,33)/t15?,17-,18+,20?,21?,23-,26-,27+/m0/s1. The molecule has 0 spiro atoms. The monoisotopic (exact) mass is 458 g/mol. The Labute approximate surface area is 195 Å². The van der Waals surface area contributed by atoms with Crippen LogP contribution in [0.15, 0.2) is 18.2 Å². The van der Waals surface area contributed by atoms with Gasteiger partial charge in [-0.25, -0.2) is 8.78 Å². The lowest BCUT2D eigenvalue weighted by Gasteiger charge is -2.63. The molecule has 3 aliphatic carbocycles. The number of fused-ring (bicyclic) bond motifs is 5. The zero-order valence-corrected chi connectivity index (χ0v) is 20.2. The third-order valence-electron chi connectivity index (χ3n) is 10.4. The maximum atomic E-state index is 14.2. The number of amides is 2. The van der Waals surface area contributed by atoms with Crippen molar-refractivity contribution in [1.82, 2.24) is 10.2 Å². The van der Waals surface area contributed by atoms with Crippen molar-refractivity contribution < 1.29 is 18.4 Å². The Morgan fingerprint density at radius 1 is 1.09 bits per heavy atom. The number of rotatable bonds is 2. The van der Waals surface area contributed by atoms with Crippen LogP contribution in [0, 0.1) is 46.1 Å². The maximum Gasteiger partial charge on any atom is 0.254 e. The molecule has 0 bridgehead atoms. The van der Waals surface area contributed by atoms with E-state index in [9.17, 15) is 18.4 Å². The molecule has 1 aromatic rings. The van der Waals surface area contributed by atoms with Crippen LogP contribution in [0.25, 0.3) is 0 Å². The van der Waals surface area contributed by atoms with Gasteiger partial charge in [0.25, 0.3) is 5.91 Å². The van der Waals surface area contributed by atoms with Gasteiger partial charge in [0, 0.05) is 25.6 Å². The van der Waals surface area contributed by atoms with Gasteiger partial charge in [-0.2, -0.15) is 0 Å². The van der Waals surface area contributed by atoms with E-state index >= 15 is 0 Å². The molecule has 3 unspecified atom stereocenters. The lowest BCUT2D eigenvalue weighted by molar-refractivity contribution is -0.165. The number of benzene rings is 1. The summed E-state index contributed by atoms with van der Waals surface area (Å²) in [6.45, 7) is 7.06. The number of nitrogens with zero attached hydrogens (tertiary/aromatic N) is 1. The average molecular weight is 459 g/mol. The van der Waals surface area contributed by atoms with E-state index in [0.717, 1.165) is 44.6 Å². The first-order chi connectivity index (χ1) is 15.6. The van der Waals surface area contributed by atoms with E-state index in [1.165, 1.54) is 12.1 Å². The molecule has 6 heteroatoms. The molecule has 4 nitrogen and oxygen atoms in total. The Morgan fingerprint density at radius 3 is 2.58 bits per heavy atom. The first kappa shape index (κ1) is 22.8. The van der Waals surface area contributed by atoms with Crippen molar-refractivity contribution in [2.75, 3.05) is 7.05 Å². The maximum absolute atomic E-state index is 14.2. The predicted octanol–water partition coefficient (Wildman–Crippen LogP) is 5.17. The number of likely N-dealkylation sites (tertiary alicyclic amines) is 1. The smallest absolute Gasteiger partial charge is 0.254 e. The fourth-order valence-corrected chi connectivity index (χ4v) is 8.61. The van der Waals surface area contributed by atoms with Crippen LogP contribution in [-0.2, 0) is 4.79 Å². The van der Waals surface area contributed by atoms with Crippen molar-refractivity contribution in [2.45, 2.75) is 77.8 Å². The number of piperidine rings is 1. The van der Waals surface area contributed by atoms with Gasteiger partial charge >= 0.3 is 0 Å². The number of hydrogen-bond donors (Lipinski definition) is 1. The number of hydrogen-bond acceptors (Lipinski definition) is 2. The highest BCUT2D eigenvalue weighted by Crippen LogP contribution is 2.65. The van der Waals surface area contributed by atoms with Crippen molar-refractivity contribution in [3.8, 4) is 0 Å². The molecule has 1 aromatic carbocycles. The molecule has 1 N–H and O–H groups in total. The van der Waals surface area contributed by atoms with E-state index in [-0.39, 0.29) is 28.3 Å². The quantitative estimate of drug-likeness (QED) is 0.665. The second kappa shape index (κ2) is 7.78. The molecule has 3 saturated carbocycles. The summed E-state index contributed by atoms with van der Waals surface area (Å²) in [7, 11) is 1.98. The number of carbonyl (C=O) groups excluding carboxylic acids is 2. The van der Waals surface area contributed by atoms with Crippen LogP contribution in [0.2, 0.25) is 0 Å². The minimum atomic E-state index is -1.07. The van der Waals surface area contributed by atoms with Crippen LogP contribution in [0.4, 0.5) is 8.78 Å². The Hall–Kier alpha value is -1.98. The van der Waals surface area contributed by atoms with Crippen molar-refractivity contribution in [3.05, 3.63) is 35.4 Å². The molecule has 4 fully saturated rings. The summed E-state index contributed by atoms with van der Waals surface area (Å²) in [6, 6.07) is 4.04. The van der Waals surface area contributed by atoms with E-state index in [0.29, 0.717) is 36.1 Å². The van der Waals surface area contributed by atoms with Crippen LogP contribution in [0.3, 0.4) is 0 Å². The topological polar surface area (TPSA) is 49.4 Å². The third-order valence-corrected chi connectivity index (χ3v) is 10.4. The zero-order chi connectivity index (χ0) is 23.7. The van der Waals surface area contributed by atoms with E-state index in [2.05, 4.69) is 26.1 Å². The highest BCUT2D eigenvalue weighted by Gasteiger charge is 2.63. The van der Waals surface area contributed by atoms with Crippen molar-refractivity contribution in [1.29, 1.82) is 0 Å². The van der Waals surface area contributed by atoms with Gasteiger partial charge < -0.3 is 10.2 Å². The highest BCUT2D eigenvalue weighted by molar-refractivity contribution is 5.94. The number of nitrogens with one attached hydrogen (secondary N) is 1. The molecule has 5 rings (SSSR count). The van der Waals surface area contributed by atoms with Gasteiger partial charge in [-0.05, 0) is 85.2 Å². The number of carbonyl (C=O) groups is 2. The first-order valence-corrected chi connectivity index (χ1v) is 12.6. The van der Waals surface area contributed by atoms with E-state index in [1.807, 2.05) is 11.9 Å². The summed E-state index contributed by atoms with van der Waals surface area (Å²) in [5, 5.41) is 3.09. The zero-order valence-electron chi connectivity index (χ0n) is 20.2. The summed E-state index contributed by atoms with van der Waals surface area (Å²) in [5.41, 5.74) is -0.117. The molecular weight excluding hydrogens is 422 g/mol. The second-order valence-corrected chi connectivity index (χ2v) is 11.8. The molecule has 8 atom stereocenters. The molecule has 1 saturated heterocycles. The van der Waals surface area contributed by atoms with E-state index in [4.69, 9.17) is 0 Å². The number of halogens is 2. The van der Waals surface area contributed by atoms with Crippen LogP contribution in [0.5, 0.6) is 0 Å². The fourth-order valence-electron chi connectivity index (χ4n) is 8.61. The lowest BCUT2D eigenvalue weighted by atomic mass is 9.45. The molecule has 2 amide bonds. The van der Waals surface area contributed by atoms with Crippen LogP contribution >= 0.6 is 0 Å². The van der Waals surface area contributed by atoms with Gasteiger partial charge in [0.15, 0.2) is 11.6 Å². The molecule has 33 heavy (non-hydrogen) atoms. The largest absolute Gasteiger partial charge is 0.349 e. The molecule has 0 radical (unpaired) electrons. The molecule has 180 valence electrons. The summed E-state index contributed by atoms with van der Waals surface area (Å²) in [4.78, 5) is 27.3. The fraction of sp³-hybridized carbons (Fsp3) is 0.704. The summed E-state index contributed by atoms with van der Waals surface area (Å²) in [5.74, 6) is -0.151. The van der Waals surface area contributed by atoms with E-state index in [1.54, 1.807) is 0 Å². The van der Waals surface area contributed by atoms with Gasteiger partial charge in [-0.1, -0.05) is 26.8 Å². The summed E-state index contributed by atoms with van der Waals surface area (Å²) in [6.07, 6.45) is 6.68. The van der Waals surface area contributed by atoms with Gasteiger partial charge in [0.1, 0.15) is 0 Å². The second-order valence-electron chi connectivity index (χ2n) is 11.8. The lowest BCUT2D eigenvalue weighted by Crippen LogP contribution is -2.63. The normalized spacial score (nSPS) is 42.4. The first-order valence-electron chi connectivity index (χ1n) is 12.6. The minimum absolute atomic E-state index is 0.0352. The van der Waals surface area contributed by atoms with Gasteiger partial charge in [0.2, 0.25) is 5.91 Å². The van der Waals surface area contributed by atoms with Gasteiger partial charge in [0.05, 0.1) is 5.56 Å². The Balaban J connectivity index is 1.39. The summed E-state index contributed by atoms with van der Waals surface area (Å²) < 4.78 is 27.9. The van der Waals surface area contributed by atoms with Crippen molar-refractivity contribution in [2.24, 2.45) is 34.5 Å². The highest BCUT2D eigenvalue weighted by atomic mass is 19.2. The molecular formula is C27H36F2N2O2. The Morgan fingerprint density at radius 2 is 1.82 bits per heavy atom. The molecule has 4 aliphatic rings. The third kappa shape index (κ3) is 3.26. The average Bonchev–Trinajstić information content (AvgIpc) is 3.10. The predicted molar refractivity (Wildman–Crippen MR) is 122 cm³/mol. The van der Waals surface area contributed by atoms with Gasteiger partial charge in [-0.3, -0.25) is 9.59 Å². The van der Waals surface area contributed by atoms with Gasteiger partial charge in [-0.15, -0.1) is 0 Å². The van der Waals surface area contributed by atoms with Crippen LogP contribution in [0.1, 0.15) is 76.1 Å². The van der Waals surface area contributed by atoms with Crippen LogP contribution < -0.4 is 5.32 Å².